The molecule has 14 heavy (non-hydrogen) atoms. The van der Waals surface area contributed by atoms with Gasteiger partial charge >= 0.3 is 0 Å². The zero-order valence-electron chi connectivity index (χ0n) is 9.00. The van der Waals surface area contributed by atoms with Crippen LogP contribution < -0.4 is 4.90 Å². The lowest BCUT2D eigenvalue weighted by Crippen LogP contribution is -2.27. The van der Waals surface area contributed by atoms with Gasteiger partial charge in [0, 0.05) is 13.1 Å². The minimum absolute atomic E-state index is 0.663. The lowest BCUT2D eigenvalue weighted by molar-refractivity contribution is 0.614. The first-order valence-corrected chi connectivity index (χ1v) is 5.80. The third-order valence-electron chi connectivity index (χ3n) is 1.99. The highest BCUT2D eigenvalue weighted by molar-refractivity contribution is 9.10. The van der Waals surface area contributed by atoms with Crippen molar-refractivity contribution in [1.82, 2.24) is 4.98 Å². The Morgan fingerprint density at radius 3 is 2.64 bits per heavy atom. The Hall–Kier alpha value is -0.570. The molecule has 0 radical (unpaired) electrons. The number of aromatic nitrogens is 1. The van der Waals surface area contributed by atoms with Gasteiger partial charge in [0.15, 0.2) is 0 Å². The summed E-state index contributed by atoms with van der Waals surface area (Å²) in [5.74, 6) is 1.71. The van der Waals surface area contributed by atoms with Crippen LogP contribution in [0.5, 0.6) is 0 Å². The number of anilines is 1. The molecule has 0 unspecified atom stereocenters. The van der Waals surface area contributed by atoms with E-state index in [0.717, 1.165) is 23.5 Å². The summed E-state index contributed by atoms with van der Waals surface area (Å²) in [6.07, 6.45) is 0. The van der Waals surface area contributed by atoms with E-state index < -0.39 is 0 Å². The van der Waals surface area contributed by atoms with Crippen LogP contribution in [0.25, 0.3) is 0 Å². The maximum Gasteiger partial charge on any atom is 0.129 e. The van der Waals surface area contributed by atoms with Crippen LogP contribution >= 0.6 is 15.9 Å². The number of rotatable bonds is 4. The van der Waals surface area contributed by atoms with Gasteiger partial charge in [0.05, 0.1) is 0 Å². The van der Waals surface area contributed by atoms with E-state index in [1.165, 1.54) is 0 Å². The molecule has 0 atom stereocenters. The molecule has 78 valence electrons. The van der Waals surface area contributed by atoms with Crippen LogP contribution in [0.4, 0.5) is 5.82 Å². The third-order valence-corrected chi connectivity index (χ3v) is 2.43. The van der Waals surface area contributed by atoms with Crippen LogP contribution in [0.3, 0.4) is 0 Å². The molecule has 3 heteroatoms. The summed E-state index contributed by atoms with van der Waals surface area (Å²) in [5.41, 5.74) is 0. The van der Waals surface area contributed by atoms with Crippen molar-refractivity contribution in [2.75, 3.05) is 18.0 Å². The monoisotopic (exact) mass is 256 g/mol. The van der Waals surface area contributed by atoms with Crippen LogP contribution in [0.15, 0.2) is 22.8 Å². The average molecular weight is 257 g/mol. The number of nitrogens with zero attached hydrogens (tertiary/aromatic N) is 2. The second-order valence-corrected chi connectivity index (χ2v) is 4.56. The normalized spacial score (nSPS) is 10.6. The summed E-state index contributed by atoms with van der Waals surface area (Å²) in [6, 6.07) is 6.03. The Bertz CT molecular complexity index is 286. The molecule has 1 heterocycles. The van der Waals surface area contributed by atoms with Crippen LogP contribution in [0.1, 0.15) is 20.8 Å². The minimum Gasteiger partial charge on any atom is -0.357 e. The third kappa shape index (κ3) is 3.29. The molecule has 0 fully saturated rings. The van der Waals surface area contributed by atoms with Crippen LogP contribution in [0.2, 0.25) is 0 Å². The lowest BCUT2D eigenvalue weighted by Gasteiger charge is -2.23. The molecule has 2 nitrogen and oxygen atoms in total. The smallest absolute Gasteiger partial charge is 0.129 e. The first kappa shape index (κ1) is 11.5. The van der Waals surface area contributed by atoms with Gasteiger partial charge < -0.3 is 4.90 Å². The van der Waals surface area contributed by atoms with Gasteiger partial charge in [-0.3, -0.25) is 0 Å². The quantitative estimate of drug-likeness (QED) is 0.769. The van der Waals surface area contributed by atoms with Gasteiger partial charge in [0.2, 0.25) is 0 Å². The van der Waals surface area contributed by atoms with Crippen molar-refractivity contribution in [1.29, 1.82) is 0 Å². The predicted octanol–water partition coefficient (Wildman–Crippen LogP) is 3.33. The molecule has 0 aliphatic carbocycles. The Balaban J connectivity index is 2.78. The fourth-order valence-corrected chi connectivity index (χ4v) is 1.73. The zero-order chi connectivity index (χ0) is 10.6. The van der Waals surface area contributed by atoms with E-state index in [-0.39, 0.29) is 0 Å². The first-order chi connectivity index (χ1) is 6.63. The predicted molar refractivity (Wildman–Crippen MR) is 64.7 cm³/mol. The molecule has 0 amide bonds. The molecule has 1 aromatic rings. The summed E-state index contributed by atoms with van der Waals surface area (Å²) >= 11 is 3.39. The van der Waals surface area contributed by atoms with Crippen LogP contribution in [-0.4, -0.2) is 18.1 Å². The summed E-state index contributed by atoms with van der Waals surface area (Å²) < 4.78 is 0.900. The standard InChI is InChI=1S/C11H17BrN2/c1-4-14(8-9(2)3)11-7-5-6-10(12)13-11/h5-7,9H,4,8H2,1-3H3. The van der Waals surface area contributed by atoms with Crippen molar-refractivity contribution >= 4 is 21.7 Å². The molecule has 0 N–H and O–H groups in total. The van der Waals surface area contributed by atoms with Crippen LogP contribution in [-0.2, 0) is 0 Å². The van der Waals surface area contributed by atoms with Crippen LogP contribution in [0, 0.1) is 5.92 Å². The number of hydrogen-bond donors (Lipinski definition) is 0. The van der Waals surface area contributed by atoms with Crippen molar-refractivity contribution in [3.63, 3.8) is 0 Å². The molecule has 0 bridgehead atoms. The van der Waals surface area contributed by atoms with E-state index in [4.69, 9.17) is 0 Å². The maximum absolute atomic E-state index is 4.44. The molecule has 0 aliphatic rings. The summed E-state index contributed by atoms with van der Waals surface area (Å²) in [7, 11) is 0. The van der Waals surface area contributed by atoms with E-state index >= 15 is 0 Å². The van der Waals surface area contributed by atoms with Gasteiger partial charge in [-0.1, -0.05) is 19.9 Å². The molecule has 0 aromatic carbocycles. The number of halogens is 1. The summed E-state index contributed by atoms with van der Waals surface area (Å²) in [4.78, 5) is 6.73. The van der Waals surface area contributed by atoms with Crippen molar-refractivity contribution in [2.45, 2.75) is 20.8 Å². The average Bonchev–Trinajstić information content (AvgIpc) is 2.14. The fourth-order valence-electron chi connectivity index (χ4n) is 1.40. The minimum atomic E-state index is 0.663. The zero-order valence-corrected chi connectivity index (χ0v) is 10.6. The van der Waals surface area contributed by atoms with Crippen molar-refractivity contribution in [3.05, 3.63) is 22.8 Å². The second kappa shape index (κ2) is 5.35. The Labute approximate surface area is 94.5 Å². The van der Waals surface area contributed by atoms with Gasteiger partial charge in [0.1, 0.15) is 10.4 Å². The Morgan fingerprint density at radius 1 is 1.43 bits per heavy atom. The molecule has 1 rings (SSSR count). The van der Waals surface area contributed by atoms with E-state index in [1.54, 1.807) is 0 Å². The molecule has 1 aromatic heterocycles. The van der Waals surface area contributed by atoms with E-state index in [1.807, 2.05) is 12.1 Å². The number of pyridine rings is 1. The first-order valence-electron chi connectivity index (χ1n) is 5.01. The second-order valence-electron chi connectivity index (χ2n) is 3.75. The highest BCUT2D eigenvalue weighted by Crippen LogP contribution is 2.15. The summed E-state index contributed by atoms with van der Waals surface area (Å²) in [5, 5.41) is 0. The van der Waals surface area contributed by atoms with Gasteiger partial charge in [-0.05, 0) is 40.9 Å². The highest BCUT2D eigenvalue weighted by Gasteiger charge is 2.07. The topological polar surface area (TPSA) is 16.1 Å². The lowest BCUT2D eigenvalue weighted by atomic mass is 10.2. The molecule has 0 aliphatic heterocycles. The van der Waals surface area contributed by atoms with Crippen molar-refractivity contribution in [3.8, 4) is 0 Å². The van der Waals surface area contributed by atoms with Gasteiger partial charge in [-0.15, -0.1) is 0 Å². The molecule has 0 saturated heterocycles. The molecular formula is C11H17BrN2. The fraction of sp³-hybridized carbons (Fsp3) is 0.545. The van der Waals surface area contributed by atoms with E-state index in [9.17, 15) is 0 Å². The van der Waals surface area contributed by atoms with Crippen molar-refractivity contribution in [2.24, 2.45) is 5.92 Å². The molecule has 0 spiro atoms. The van der Waals surface area contributed by atoms with E-state index in [2.05, 4.69) is 52.7 Å². The Kier molecular flexibility index (Phi) is 4.39. The summed E-state index contributed by atoms with van der Waals surface area (Å²) in [6.45, 7) is 8.66. The molecule has 0 saturated carbocycles. The van der Waals surface area contributed by atoms with Gasteiger partial charge in [0.25, 0.3) is 0 Å². The van der Waals surface area contributed by atoms with Gasteiger partial charge in [-0.2, -0.15) is 0 Å². The Morgan fingerprint density at radius 2 is 2.14 bits per heavy atom. The molecular weight excluding hydrogens is 240 g/mol. The van der Waals surface area contributed by atoms with E-state index in [0.29, 0.717) is 5.92 Å². The maximum atomic E-state index is 4.44. The largest absolute Gasteiger partial charge is 0.357 e. The van der Waals surface area contributed by atoms with Crippen molar-refractivity contribution < 1.29 is 0 Å². The number of hydrogen-bond acceptors (Lipinski definition) is 2. The highest BCUT2D eigenvalue weighted by atomic mass is 79.9. The van der Waals surface area contributed by atoms with Gasteiger partial charge in [-0.25, -0.2) is 4.98 Å². The SMILES string of the molecule is CCN(CC(C)C)c1cccc(Br)n1.